The number of nitrogens with zero attached hydrogens (tertiary/aromatic N) is 2. The maximum absolute atomic E-state index is 14.4. The van der Waals surface area contributed by atoms with E-state index in [2.05, 4.69) is 25.9 Å². The molecule has 2 atom stereocenters. The molecule has 1 aliphatic heterocycles. The highest BCUT2D eigenvalue weighted by Crippen LogP contribution is 2.33. The largest absolute Gasteiger partial charge is 0.404 e. The van der Waals surface area contributed by atoms with Gasteiger partial charge in [-0.15, -0.1) is 0 Å². The Kier molecular flexibility index (Phi) is 9.69. The Labute approximate surface area is 248 Å². The standard InChI is InChI=1S/C31H32ClFN6O3/c1-17-6-4-8-25(39-31(42)22(16-34)18(2)37-26-9-5-7-23(32)28(26)33)27-15-19(12-13-36-27)21-14-20(30(41)35-3)10-11-24(21)38-29(17)40/h5,7,9-17,25H,4,6,8,34H2,1-3H3,(H,35,41)(H,38,40)(H,39,42)/t17-,25+/m1/s1. The van der Waals surface area contributed by atoms with Crippen LogP contribution >= 0.6 is 11.6 Å². The molecule has 42 heavy (non-hydrogen) atoms. The van der Waals surface area contributed by atoms with Crippen molar-refractivity contribution in [2.75, 3.05) is 12.4 Å². The fourth-order valence-electron chi connectivity index (χ4n) is 4.71. The Morgan fingerprint density at radius 1 is 1.19 bits per heavy atom. The lowest BCUT2D eigenvalue weighted by atomic mass is 9.94. The van der Waals surface area contributed by atoms with Crippen molar-refractivity contribution in [2.24, 2.45) is 16.6 Å². The van der Waals surface area contributed by atoms with Gasteiger partial charge in [0.2, 0.25) is 5.91 Å². The maximum atomic E-state index is 14.4. The van der Waals surface area contributed by atoms with Crippen molar-refractivity contribution in [1.82, 2.24) is 15.6 Å². The predicted octanol–water partition coefficient (Wildman–Crippen LogP) is 5.45. The van der Waals surface area contributed by atoms with E-state index in [9.17, 15) is 18.8 Å². The number of rotatable bonds is 5. The molecule has 2 bridgehead atoms. The number of aliphatic imine (C=N–C) groups is 1. The van der Waals surface area contributed by atoms with Crippen LogP contribution in [0.15, 0.2) is 71.5 Å². The molecule has 0 aliphatic carbocycles. The second-order valence-electron chi connectivity index (χ2n) is 10.0. The Balaban J connectivity index is 1.71. The number of hydrogen-bond donors (Lipinski definition) is 4. The molecular weight excluding hydrogens is 559 g/mol. The number of hydrogen-bond acceptors (Lipinski definition) is 6. The van der Waals surface area contributed by atoms with Crippen molar-refractivity contribution >= 4 is 46.4 Å². The molecule has 5 N–H and O–H groups in total. The van der Waals surface area contributed by atoms with Gasteiger partial charge in [-0.1, -0.05) is 31.0 Å². The Hall–Kier alpha value is -4.57. The summed E-state index contributed by atoms with van der Waals surface area (Å²) in [5, 5.41) is 8.52. The molecule has 0 unspecified atom stereocenters. The third-order valence-corrected chi connectivity index (χ3v) is 7.41. The van der Waals surface area contributed by atoms with E-state index in [1.807, 2.05) is 13.0 Å². The second-order valence-corrected chi connectivity index (χ2v) is 10.4. The van der Waals surface area contributed by atoms with Gasteiger partial charge in [0.1, 0.15) is 5.69 Å². The van der Waals surface area contributed by atoms with E-state index >= 15 is 0 Å². The van der Waals surface area contributed by atoms with Crippen LogP contribution in [0.1, 0.15) is 55.2 Å². The van der Waals surface area contributed by atoms with E-state index in [1.165, 1.54) is 12.1 Å². The average Bonchev–Trinajstić information content (AvgIpc) is 2.98. The van der Waals surface area contributed by atoms with Crippen molar-refractivity contribution in [3.8, 4) is 11.1 Å². The van der Waals surface area contributed by atoms with Gasteiger partial charge < -0.3 is 21.7 Å². The number of fused-ring (bicyclic) bond motifs is 4. The molecule has 9 nitrogen and oxygen atoms in total. The number of nitrogens with two attached hydrogens (primary N) is 1. The quantitative estimate of drug-likeness (QED) is 0.231. The summed E-state index contributed by atoms with van der Waals surface area (Å²) < 4.78 is 14.4. The molecule has 0 radical (unpaired) electrons. The molecule has 218 valence electrons. The van der Waals surface area contributed by atoms with Crippen molar-refractivity contribution in [2.45, 2.75) is 39.2 Å². The van der Waals surface area contributed by atoms with Crippen LogP contribution in [-0.4, -0.2) is 35.5 Å². The number of anilines is 1. The van der Waals surface area contributed by atoms with Crippen molar-refractivity contribution < 1.29 is 18.8 Å². The minimum absolute atomic E-state index is 0.0189. The van der Waals surface area contributed by atoms with Gasteiger partial charge in [0, 0.05) is 42.2 Å². The highest BCUT2D eigenvalue weighted by atomic mass is 35.5. The Morgan fingerprint density at radius 3 is 2.71 bits per heavy atom. The van der Waals surface area contributed by atoms with Gasteiger partial charge in [0.15, 0.2) is 5.82 Å². The van der Waals surface area contributed by atoms with Crippen LogP contribution in [0, 0.1) is 11.7 Å². The van der Waals surface area contributed by atoms with E-state index in [4.69, 9.17) is 17.3 Å². The van der Waals surface area contributed by atoms with Gasteiger partial charge >= 0.3 is 0 Å². The van der Waals surface area contributed by atoms with Crippen molar-refractivity contribution in [3.63, 3.8) is 0 Å². The van der Waals surface area contributed by atoms with E-state index in [0.29, 0.717) is 47.3 Å². The third-order valence-electron chi connectivity index (χ3n) is 7.12. The van der Waals surface area contributed by atoms with Crippen LogP contribution in [0.3, 0.4) is 0 Å². The fourth-order valence-corrected chi connectivity index (χ4v) is 4.88. The van der Waals surface area contributed by atoms with Gasteiger partial charge in [0.05, 0.1) is 28.0 Å². The van der Waals surface area contributed by atoms with Crippen LogP contribution in [0.4, 0.5) is 15.8 Å². The fraction of sp³-hybridized carbons (Fsp3) is 0.258. The molecule has 3 amide bonds. The summed E-state index contributed by atoms with van der Waals surface area (Å²) in [6.07, 6.45) is 4.42. The average molecular weight is 591 g/mol. The summed E-state index contributed by atoms with van der Waals surface area (Å²) in [4.78, 5) is 47.6. The number of benzene rings is 2. The van der Waals surface area contributed by atoms with Crippen LogP contribution in [0.2, 0.25) is 5.02 Å². The van der Waals surface area contributed by atoms with Gasteiger partial charge in [-0.05, 0) is 67.8 Å². The third kappa shape index (κ3) is 6.83. The zero-order chi connectivity index (χ0) is 30.4. The first-order valence-electron chi connectivity index (χ1n) is 13.5. The number of carbonyl (C=O) groups is 3. The molecule has 2 heterocycles. The Morgan fingerprint density at radius 2 is 1.98 bits per heavy atom. The van der Waals surface area contributed by atoms with E-state index in [-0.39, 0.29) is 39.7 Å². The van der Waals surface area contributed by atoms with E-state index in [1.54, 1.807) is 50.5 Å². The predicted molar refractivity (Wildman–Crippen MR) is 162 cm³/mol. The molecule has 0 saturated carbocycles. The highest BCUT2D eigenvalue weighted by Gasteiger charge is 2.24. The highest BCUT2D eigenvalue weighted by molar-refractivity contribution is 6.31. The number of nitrogens with one attached hydrogen (secondary N) is 3. The number of amides is 3. The monoisotopic (exact) mass is 590 g/mol. The first-order valence-corrected chi connectivity index (χ1v) is 13.9. The molecule has 2 aromatic carbocycles. The molecule has 3 aromatic rings. The summed E-state index contributed by atoms with van der Waals surface area (Å²) in [5.74, 6) is -1.93. The smallest absolute Gasteiger partial charge is 0.255 e. The minimum atomic E-state index is -0.700. The van der Waals surface area contributed by atoms with Gasteiger partial charge in [-0.3, -0.25) is 19.4 Å². The van der Waals surface area contributed by atoms with Gasteiger partial charge in [-0.2, -0.15) is 0 Å². The second kappa shape index (κ2) is 13.4. The zero-order valence-electron chi connectivity index (χ0n) is 23.5. The van der Waals surface area contributed by atoms with Crippen molar-refractivity contribution in [1.29, 1.82) is 0 Å². The van der Waals surface area contributed by atoms with E-state index in [0.717, 1.165) is 6.20 Å². The van der Waals surface area contributed by atoms with Crippen LogP contribution in [0.5, 0.6) is 0 Å². The summed E-state index contributed by atoms with van der Waals surface area (Å²) in [7, 11) is 1.55. The van der Waals surface area contributed by atoms with Gasteiger partial charge in [0.25, 0.3) is 11.8 Å². The number of halogens is 2. The normalized spacial score (nSPS) is 17.7. The first kappa shape index (κ1) is 30.4. The summed E-state index contributed by atoms with van der Waals surface area (Å²) in [6, 6.07) is 12.5. The SMILES string of the molecule is CNC(=O)c1ccc2c(c1)-c1ccnc(c1)[C@@H](NC(=O)C(=CN)C(C)=Nc1cccc(Cl)c1F)CCC[C@@H](C)C(=O)N2. The van der Waals surface area contributed by atoms with Crippen LogP contribution in [0.25, 0.3) is 11.1 Å². The molecule has 1 aromatic heterocycles. The van der Waals surface area contributed by atoms with Crippen LogP contribution < -0.4 is 21.7 Å². The minimum Gasteiger partial charge on any atom is -0.404 e. The molecule has 4 rings (SSSR count). The molecular formula is C31H32ClFN6O3. The molecule has 0 fully saturated rings. The number of carbonyl (C=O) groups excluding carboxylic acids is 3. The lowest BCUT2D eigenvalue weighted by Crippen LogP contribution is -2.33. The first-order chi connectivity index (χ1) is 20.1. The summed E-state index contributed by atoms with van der Waals surface area (Å²) in [6.45, 7) is 3.40. The molecule has 1 aliphatic rings. The number of pyridine rings is 1. The molecule has 0 saturated heterocycles. The lowest BCUT2D eigenvalue weighted by Gasteiger charge is -2.23. The maximum Gasteiger partial charge on any atom is 0.255 e. The summed E-state index contributed by atoms with van der Waals surface area (Å²) >= 11 is 5.88. The van der Waals surface area contributed by atoms with Gasteiger partial charge in [-0.25, -0.2) is 9.38 Å². The summed E-state index contributed by atoms with van der Waals surface area (Å²) in [5.41, 5.74) is 8.99. The Bertz CT molecular complexity index is 1590. The van der Waals surface area contributed by atoms with Crippen molar-refractivity contribution in [3.05, 3.63) is 88.6 Å². The molecule has 0 spiro atoms. The lowest BCUT2D eigenvalue weighted by molar-refractivity contribution is -0.120. The number of aromatic nitrogens is 1. The topological polar surface area (TPSA) is 139 Å². The van der Waals surface area contributed by atoms with E-state index < -0.39 is 17.8 Å². The molecule has 11 heteroatoms. The zero-order valence-corrected chi connectivity index (χ0v) is 24.3. The van der Waals surface area contributed by atoms with Crippen LogP contribution in [-0.2, 0) is 9.59 Å².